The molecular formula is C21H23ClFNO4S. The van der Waals surface area contributed by atoms with E-state index in [4.69, 9.17) is 16.3 Å². The van der Waals surface area contributed by atoms with Crippen molar-refractivity contribution in [1.29, 1.82) is 0 Å². The molecule has 2 aromatic rings. The normalized spacial score (nSPS) is 17.1. The summed E-state index contributed by atoms with van der Waals surface area (Å²) in [6, 6.07) is 12.2. The van der Waals surface area contributed by atoms with Crippen LogP contribution in [0.5, 0.6) is 0 Å². The van der Waals surface area contributed by atoms with Gasteiger partial charge in [-0.25, -0.2) is 12.8 Å². The summed E-state index contributed by atoms with van der Waals surface area (Å²) in [6.45, 7) is 2.27. The second-order valence-corrected chi connectivity index (χ2v) is 9.48. The summed E-state index contributed by atoms with van der Waals surface area (Å²) in [7, 11) is -3.84. The summed E-state index contributed by atoms with van der Waals surface area (Å²) in [5.74, 6) is -0.953. The number of carbonyl (C=O) groups is 1. The van der Waals surface area contributed by atoms with Crippen molar-refractivity contribution in [3.63, 3.8) is 0 Å². The molecule has 0 N–H and O–H groups in total. The molecule has 29 heavy (non-hydrogen) atoms. The first kappa shape index (κ1) is 21.7. The van der Waals surface area contributed by atoms with Crippen molar-refractivity contribution in [1.82, 2.24) is 4.31 Å². The van der Waals surface area contributed by atoms with Crippen LogP contribution in [0.2, 0.25) is 5.02 Å². The molecule has 0 aromatic heterocycles. The number of ether oxygens (including phenoxy) is 1. The summed E-state index contributed by atoms with van der Waals surface area (Å²) in [5, 5.41) is 0.561. The third-order valence-corrected chi connectivity index (χ3v) is 7.57. The summed E-state index contributed by atoms with van der Waals surface area (Å²) in [6.07, 6.45) is 0.969. The van der Waals surface area contributed by atoms with Crippen molar-refractivity contribution in [3.05, 3.63) is 64.9 Å². The third-order valence-electron chi connectivity index (χ3n) is 5.31. The molecule has 0 aliphatic carbocycles. The molecule has 1 heterocycles. The van der Waals surface area contributed by atoms with E-state index in [0.717, 1.165) is 11.6 Å². The van der Waals surface area contributed by atoms with E-state index < -0.39 is 21.3 Å². The molecule has 1 fully saturated rings. The van der Waals surface area contributed by atoms with E-state index in [-0.39, 0.29) is 30.6 Å². The summed E-state index contributed by atoms with van der Waals surface area (Å²) >= 11 is 6.29. The Balaban J connectivity index is 1.84. The topological polar surface area (TPSA) is 63.7 Å². The highest BCUT2D eigenvalue weighted by molar-refractivity contribution is 7.89. The Kier molecular flexibility index (Phi) is 6.61. The van der Waals surface area contributed by atoms with Crippen molar-refractivity contribution < 1.29 is 22.3 Å². The molecule has 8 heteroatoms. The Morgan fingerprint density at radius 2 is 1.86 bits per heavy atom. The highest BCUT2D eigenvalue weighted by atomic mass is 35.5. The van der Waals surface area contributed by atoms with Crippen molar-refractivity contribution in [3.8, 4) is 0 Å². The molecule has 0 spiro atoms. The van der Waals surface area contributed by atoms with Gasteiger partial charge in [0, 0.05) is 18.1 Å². The molecule has 0 bridgehead atoms. The minimum atomic E-state index is -3.84. The predicted molar refractivity (Wildman–Crippen MR) is 109 cm³/mol. The molecule has 1 aliphatic rings. The molecule has 3 rings (SSSR count). The number of piperidine rings is 1. The minimum Gasteiger partial charge on any atom is -0.466 e. The van der Waals surface area contributed by atoms with Crippen LogP contribution in [0.25, 0.3) is 0 Å². The van der Waals surface area contributed by atoms with E-state index >= 15 is 0 Å². The Labute approximate surface area is 175 Å². The number of halogens is 2. The fraction of sp³-hybridized carbons (Fsp3) is 0.381. The molecule has 1 saturated heterocycles. The van der Waals surface area contributed by atoms with Gasteiger partial charge in [0.25, 0.3) is 0 Å². The third kappa shape index (κ3) is 4.63. The van der Waals surface area contributed by atoms with Crippen LogP contribution in [0.1, 0.15) is 25.3 Å². The first-order valence-electron chi connectivity index (χ1n) is 9.45. The number of hydrogen-bond acceptors (Lipinski definition) is 4. The van der Waals surface area contributed by atoms with Gasteiger partial charge in [0.15, 0.2) is 0 Å². The average Bonchev–Trinajstić information content (AvgIpc) is 2.70. The van der Waals surface area contributed by atoms with Crippen molar-refractivity contribution in [2.24, 2.45) is 5.41 Å². The lowest BCUT2D eigenvalue weighted by atomic mass is 9.74. The molecule has 156 valence electrons. The highest BCUT2D eigenvalue weighted by Crippen LogP contribution is 2.39. The smallest absolute Gasteiger partial charge is 0.312 e. The van der Waals surface area contributed by atoms with E-state index in [1.165, 1.54) is 22.5 Å². The molecule has 0 saturated carbocycles. The van der Waals surface area contributed by atoms with Crippen LogP contribution in [0, 0.1) is 11.2 Å². The van der Waals surface area contributed by atoms with E-state index in [1.54, 1.807) is 13.0 Å². The number of hydrogen-bond donors (Lipinski definition) is 0. The summed E-state index contributed by atoms with van der Waals surface area (Å²) in [5.41, 5.74) is -0.0294. The van der Waals surface area contributed by atoms with Crippen LogP contribution in [-0.2, 0) is 26.0 Å². The maximum Gasteiger partial charge on any atom is 0.312 e. The molecule has 1 aliphatic heterocycles. The number of sulfonamides is 1. The zero-order valence-electron chi connectivity index (χ0n) is 16.1. The zero-order chi connectivity index (χ0) is 21.1. The Bertz CT molecular complexity index is 988. The van der Waals surface area contributed by atoms with Crippen LogP contribution in [0.15, 0.2) is 53.4 Å². The molecule has 0 radical (unpaired) electrons. The van der Waals surface area contributed by atoms with Gasteiger partial charge in [0.2, 0.25) is 10.0 Å². The summed E-state index contributed by atoms with van der Waals surface area (Å²) < 4.78 is 45.9. The van der Waals surface area contributed by atoms with Crippen LogP contribution in [0.4, 0.5) is 4.39 Å². The van der Waals surface area contributed by atoms with Gasteiger partial charge in [-0.05, 0) is 56.0 Å². The fourth-order valence-corrected chi connectivity index (χ4v) is 5.35. The van der Waals surface area contributed by atoms with Crippen molar-refractivity contribution in [2.45, 2.75) is 31.1 Å². The van der Waals surface area contributed by atoms with Gasteiger partial charge in [-0.2, -0.15) is 4.31 Å². The number of rotatable bonds is 6. The van der Waals surface area contributed by atoms with Crippen LogP contribution < -0.4 is 0 Å². The lowest BCUT2D eigenvalue weighted by Crippen LogP contribution is -2.48. The lowest BCUT2D eigenvalue weighted by Gasteiger charge is -2.39. The van der Waals surface area contributed by atoms with Gasteiger partial charge in [-0.1, -0.05) is 35.9 Å². The van der Waals surface area contributed by atoms with E-state index in [1.807, 2.05) is 18.2 Å². The molecule has 0 atom stereocenters. The molecule has 5 nitrogen and oxygen atoms in total. The van der Waals surface area contributed by atoms with Gasteiger partial charge in [0.1, 0.15) is 5.82 Å². The Morgan fingerprint density at radius 1 is 1.17 bits per heavy atom. The van der Waals surface area contributed by atoms with Gasteiger partial charge in [-0.15, -0.1) is 0 Å². The van der Waals surface area contributed by atoms with Crippen molar-refractivity contribution in [2.75, 3.05) is 19.7 Å². The maximum absolute atomic E-state index is 13.5. The monoisotopic (exact) mass is 439 g/mol. The van der Waals surface area contributed by atoms with Gasteiger partial charge in [-0.3, -0.25) is 4.79 Å². The standard InChI is InChI=1S/C21H23ClFNO4S/c1-2-28-20(25)21(15-16-6-3-4-9-19(16)22)10-12-24(13-11-21)29(26,27)18-8-5-7-17(23)14-18/h3-9,14H,2,10-13,15H2,1H3. The predicted octanol–water partition coefficient (Wildman–Crippen LogP) is 4.06. The van der Waals surface area contributed by atoms with Gasteiger partial charge >= 0.3 is 5.97 Å². The SMILES string of the molecule is CCOC(=O)C1(Cc2ccccc2Cl)CCN(S(=O)(=O)c2cccc(F)c2)CC1. The zero-order valence-corrected chi connectivity index (χ0v) is 17.7. The number of benzene rings is 2. The second kappa shape index (κ2) is 8.81. The van der Waals surface area contributed by atoms with Crippen LogP contribution >= 0.6 is 11.6 Å². The van der Waals surface area contributed by atoms with Crippen LogP contribution in [0.3, 0.4) is 0 Å². The number of carbonyl (C=O) groups excluding carboxylic acids is 1. The first-order chi connectivity index (χ1) is 13.8. The second-order valence-electron chi connectivity index (χ2n) is 7.13. The van der Waals surface area contributed by atoms with Gasteiger partial charge < -0.3 is 4.74 Å². The van der Waals surface area contributed by atoms with E-state index in [2.05, 4.69) is 0 Å². The average molecular weight is 440 g/mol. The number of nitrogens with zero attached hydrogens (tertiary/aromatic N) is 1. The first-order valence-corrected chi connectivity index (χ1v) is 11.3. The van der Waals surface area contributed by atoms with E-state index in [0.29, 0.717) is 24.3 Å². The molecular weight excluding hydrogens is 417 g/mol. The molecule has 0 unspecified atom stereocenters. The molecule has 2 aromatic carbocycles. The van der Waals surface area contributed by atoms with E-state index in [9.17, 15) is 17.6 Å². The quantitative estimate of drug-likeness (QED) is 0.637. The van der Waals surface area contributed by atoms with Crippen molar-refractivity contribution >= 4 is 27.6 Å². The lowest BCUT2D eigenvalue weighted by molar-refractivity contribution is -0.158. The highest BCUT2D eigenvalue weighted by Gasteiger charge is 2.45. The fourth-order valence-electron chi connectivity index (χ4n) is 3.67. The van der Waals surface area contributed by atoms with Crippen LogP contribution in [-0.4, -0.2) is 38.4 Å². The minimum absolute atomic E-state index is 0.0905. The maximum atomic E-state index is 13.5. The largest absolute Gasteiger partial charge is 0.466 e. The Hall–Kier alpha value is -1.96. The number of esters is 1. The summed E-state index contributed by atoms with van der Waals surface area (Å²) in [4.78, 5) is 12.7. The Morgan fingerprint density at radius 3 is 2.48 bits per heavy atom. The molecule has 0 amide bonds. The van der Waals surface area contributed by atoms with Gasteiger partial charge in [0.05, 0.1) is 16.9 Å².